The molecule has 86 valence electrons. The fourth-order valence-electron chi connectivity index (χ4n) is 2.25. The van der Waals surface area contributed by atoms with Crippen LogP contribution in [0, 0.1) is 0 Å². The Bertz CT molecular complexity index is 229. The molecule has 0 aromatic carbocycles. The molecular formula is C11H22N4. The lowest BCUT2D eigenvalue weighted by atomic mass is 9.95. The molecule has 4 nitrogen and oxygen atoms in total. The summed E-state index contributed by atoms with van der Waals surface area (Å²) < 4.78 is 0. The van der Waals surface area contributed by atoms with Gasteiger partial charge in [0.15, 0.2) is 0 Å². The zero-order valence-electron chi connectivity index (χ0n) is 9.58. The molecule has 2 saturated carbocycles. The quantitative estimate of drug-likeness (QED) is 0.312. The van der Waals surface area contributed by atoms with E-state index < -0.39 is 0 Å². The van der Waals surface area contributed by atoms with Crippen molar-refractivity contribution in [2.24, 2.45) is 10.8 Å². The van der Waals surface area contributed by atoms with Crippen molar-refractivity contribution < 1.29 is 0 Å². The zero-order valence-corrected chi connectivity index (χ0v) is 9.58. The first-order valence-electron chi connectivity index (χ1n) is 6.08. The van der Waals surface area contributed by atoms with Gasteiger partial charge in [0, 0.05) is 13.1 Å². The minimum Gasteiger partial charge on any atom is -0.342 e. The van der Waals surface area contributed by atoms with E-state index in [1.165, 1.54) is 44.9 Å². The van der Waals surface area contributed by atoms with Gasteiger partial charge in [0.25, 0.3) is 0 Å². The molecule has 0 atom stereocenters. The molecule has 0 bridgehead atoms. The maximum atomic E-state index is 5.53. The van der Waals surface area contributed by atoms with Crippen LogP contribution in [0.4, 0.5) is 0 Å². The molecule has 0 amide bonds. The van der Waals surface area contributed by atoms with Crippen LogP contribution in [0.5, 0.6) is 0 Å². The van der Waals surface area contributed by atoms with E-state index in [1.54, 1.807) is 0 Å². The van der Waals surface area contributed by atoms with E-state index >= 15 is 0 Å². The smallest absolute Gasteiger partial charge is 0.208 e. The third kappa shape index (κ3) is 2.84. The van der Waals surface area contributed by atoms with E-state index in [0.29, 0.717) is 12.1 Å². The lowest BCUT2D eigenvalue weighted by Gasteiger charge is -2.33. The molecule has 0 radical (unpaired) electrons. The summed E-state index contributed by atoms with van der Waals surface area (Å²) in [5.41, 5.74) is 2.75. The predicted molar refractivity (Wildman–Crippen MR) is 62.4 cm³/mol. The summed E-state index contributed by atoms with van der Waals surface area (Å²) in [7, 11) is 2.11. The third-order valence-electron chi connectivity index (χ3n) is 3.44. The molecule has 0 aromatic heterocycles. The molecule has 2 fully saturated rings. The standard InChI is InChI=1S/C11H22N4/c1-15(10-5-3-2-4-6-10)11(14-12)13-9-7-8-9/h9-10H,2-8,12H2,1H3,(H,13,14). The number of nitrogens with zero attached hydrogens (tertiary/aromatic N) is 2. The van der Waals surface area contributed by atoms with Gasteiger partial charge >= 0.3 is 0 Å². The first kappa shape index (κ1) is 10.7. The van der Waals surface area contributed by atoms with Gasteiger partial charge in [-0.2, -0.15) is 0 Å². The summed E-state index contributed by atoms with van der Waals surface area (Å²) in [6.07, 6.45) is 9.08. The average Bonchev–Trinajstić information content (AvgIpc) is 3.10. The SMILES string of the molecule is CN(C(=NC1CC1)NN)C1CCCCC1. The van der Waals surface area contributed by atoms with Crippen molar-refractivity contribution in [2.75, 3.05) is 7.05 Å². The van der Waals surface area contributed by atoms with Crippen LogP contribution in [0.15, 0.2) is 4.99 Å². The molecule has 3 N–H and O–H groups in total. The normalized spacial score (nSPS) is 24.0. The van der Waals surface area contributed by atoms with Gasteiger partial charge in [-0.1, -0.05) is 19.3 Å². The minimum absolute atomic E-state index is 0.530. The molecular weight excluding hydrogens is 188 g/mol. The Morgan fingerprint density at radius 3 is 2.40 bits per heavy atom. The van der Waals surface area contributed by atoms with Crippen LogP contribution in [0.2, 0.25) is 0 Å². The van der Waals surface area contributed by atoms with Crippen molar-refractivity contribution in [1.82, 2.24) is 10.3 Å². The van der Waals surface area contributed by atoms with Crippen molar-refractivity contribution in [3.63, 3.8) is 0 Å². The fraction of sp³-hybridized carbons (Fsp3) is 0.909. The van der Waals surface area contributed by atoms with E-state index in [2.05, 4.69) is 22.4 Å². The maximum Gasteiger partial charge on any atom is 0.208 e. The molecule has 0 aromatic rings. The van der Waals surface area contributed by atoms with Crippen molar-refractivity contribution in [2.45, 2.75) is 57.0 Å². The highest BCUT2D eigenvalue weighted by atomic mass is 15.4. The van der Waals surface area contributed by atoms with E-state index in [1.807, 2.05) is 0 Å². The molecule has 0 aliphatic heterocycles. The Balaban J connectivity index is 1.93. The van der Waals surface area contributed by atoms with Crippen molar-refractivity contribution in [3.05, 3.63) is 0 Å². The predicted octanol–water partition coefficient (Wildman–Crippen LogP) is 1.23. The van der Waals surface area contributed by atoms with Gasteiger partial charge in [-0.3, -0.25) is 5.43 Å². The van der Waals surface area contributed by atoms with E-state index in [0.717, 1.165) is 5.96 Å². The topological polar surface area (TPSA) is 53.6 Å². The van der Waals surface area contributed by atoms with Gasteiger partial charge < -0.3 is 4.90 Å². The van der Waals surface area contributed by atoms with Crippen LogP contribution in [-0.4, -0.2) is 30.0 Å². The largest absolute Gasteiger partial charge is 0.342 e. The molecule has 2 aliphatic rings. The van der Waals surface area contributed by atoms with Crippen LogP contribution in [-0.2, 0) is 0 Å². The number of aliphatic imine (C=N–C) groups is 1. The van der Waals surface area contributed by atoms with Crippen molar-refractivity contribution >= 4 is 5.96 Å². The monoisotopic (exact) mass is 210 g/mol. The van der Waals surface area contributed by atoms with Gasteiger partial charge in [-0.15, -0.1) is 0 Å². The Morgan fingerprint density at radius 1 is 1.20 bits per heavy atom. The van der Waals surface area contributed by atoms with Gasteiger partial charge in [0.1, 0.15) is 0 Å². The van der Waals surface area contributed by atoms with Crippen LogP contribution in [0.1, 0.15) is 44.9 Å². The van der Waals surface area contributed by atoms with Gasteiger partial charge in [0.05, 0.1) is 6.04 Å². The second kappa shape index (κ2) is 4.84. The van der Waals surface area contributed by atoms with E-state index in [-0.39, 0.29) is 0 Å². The maximum absolute atomic E-state index is 5.53. The molecule has 2 rings (SSSR count). The zero-order chi connectivity index (χ0) is 10.7. The summed E-state index contributed by atoms with van der Waals surface area (Å²) >= 11 is 0. The van der Waals surface area contributed by atoms with Crippen LogP contribution < -0.4 is 11.3 Å². The molecule has 0 spiro atoms. The second-order valence-corrected chi connectivity index (χ2v) is 4.73. The first-order chi connectivity index (χ1) is 7.31. The van der Waals surface area contributed by atoms with Crippen molar-refractivity contribution in [3.8, 4) is 0 Å². The highest BCUT2D eigenvalue weighted by Crippen LogP contribution is 2.25. The second-order valence-electron chi connectivity index (χ2n) is 4.73. The van der Waals surface area contributed by atoms with Gasteiger partial charge in [0.2, 0.25) is 5.96 Å². The highest BCUT2D eigenvalue weighted by molar-refractivity contribution is 5.79. The molecule has 0 unspecified atom stereocenters. The van der Waals surface area contributed by atoms with E-state index in [4.69, 9.17) is 5.84 Å². The lowest BCUT2D eigenvalue weighted by Crippen LogP contribution is -2.48. The van der Waals surface area contributed by atoms with Crippen LogP contribution >= 0.6 is 0 Å². The number of rotatable bonds is 2. The minimum atomic E-state index is 0.530. The Kier molecular flexibility index (Phi) is 3.46. The number of hydrazine groups is 1. The Hall–Kier alpha value is -0.770. The molecule has 2 aliphatic carbocycles. The summed E-state index contributed by atoms with van der Waals surface area (Å²) in [6.45, 7) is 0. The van der Waals surface area contributed by atoms with Gasteiger partial charge in [-0.25, -0.2) is 10.8 Å². The number of nitrogens with two attached hydrogens (primary N) is 1. The van der Waals surface area contributed by atoms with Crippen LogP contribution in [0.3, 0.4) is 0 Å². The summed E-state index contributed by atoms with van der Waals surface area (Å²) in [6, 6.07) is 1.16. The summed E-state index contributed by atoms with van der Waals surface area (Å²) in [5.74, 6) is 6.41. The van der Waals surface area contributed by atoms with Gasteiger partial charge in [-0.05, 0) is 25.7 Å². The first-order valence-corrected chi connectivity index (χ1v) is 6.08. The summed E-state index contributed by atoms with van der Waals surface area (Å²) in [4.78, 5) is 6.82. The number of hydrogen-bond acceptors (Lipinski definition) is 2. The summed E-state index contributed by atoms with van der Waals surface area (Å²) in [5, 5.41) is 0. The van der Waals surface area contributed by atoms with Crippen LogP contribution in [0.25, 0.3) is 0 Å². The Labute approximate surface area is 91.9 Å². The van der Waals surface area contributed by atoms with E-state index in [9.17, 15) is 0 Å². The highest BCUT2D eigenvalue weighted by Gasteiger charge is 2.25. The molecule has 15 heavy (non-hydrogen) atoms. The molecule has 0 heterocycles. The molecule has 4 heteroatoms. The third-order valence-corrected chi connectivity index (χ3v) is 3.44. The molecule has 0 saturated heterocycles. The average molecular weight is 210 g/mol. The number of hydrogen-bond donors (Lipinski definition) is 2. The lowest BCUT2D eigenvalue weighted by molar-refractivity contribution is 0.271. The van der Waals surface area contributed by atoms with Crippen molar-refractivity contribution in [1.29, 1.82) is 0 Å². The number of guanidine groups is 1. The fourth-order valence-corrected chi connectivity index (χ4v) is 2.25. The number of nitrogens with one attached hydrogen (secondary N) is 1. The Morgan fingerprint density at radius 2 is 1.87 bits per heavy atom.